The van der Waals surface area contributed by atoms with E-state index in [1.54, 1.807) is 7.11 Å². The third-order valence-electron chi connectivity index (χ3n) is 3.84. The molecular weight excluding hydrogens is 252 g/mol. The molecule has 0 bridgehead atoms. The van der Waals surface area contributed by atoms with Crippen molar-refractivity contribution in [2.45, 2.75) is 32.1 Å². The van der Waals surface area contributed by atoms with Crippen LogP contribution >= 0.6 is 0 Å². The zero-order chi connectivity index (χ0) is 14.2. The summed E-state index contributed by atoms with van der Waals surface area (Å²) >= 11 is 0. The van der Waals surface area contributed by atoms with Crippen molar-refractivity contribution < 1.29 is 14.4 Å². The predicted molar refractivity (Wildman–Crippen MR) is 80.3 cm³/mol. The van der Waals surface area contributed by atoms with Gasteiger partial charge in [0, 0.05) is 5.69 Å². The third kappa shape index (κ3) is 4.85. The van der Waals surface area contributed by atoms with Crippen molar-refractivity contribution in [3.05, 3.63) is 24.3 Å². The van der Waals surface area contributed by atoms with Crippen LogP contribution in [-0.4, -0.2) is 32.7 Å². The van der Waals surface area contributed by atoms with Crippen LogP contribution in [0.15, 0.2) is 24.3 Å². The minimum atomic E-state index is 0.103. The maximum absolute atomic E-state index is 12.1. The van der Waals surface area contributed by atoms with E-state index in [0.717, 1.165) is 24.5 Å². The molecule has 0 aliphatic carbocycles. The van der Waals surface area contributed by atoms with Crippen molar-refractivity contribution in [3.63, 3.8) is 0 Å². The zero-order valence-corrected chi connectivity index (χ0v) is 12.3. The summed E-state index contributed by atoms with van der Waals surface area (Å²) < 4.78 is 5.10. The molecule has 4 nitrogen and oxygen atoms in total. The third-order valence-corrected chi connectivity index (χ3v) is 3.84. The van der Waals surface area contributed by atoms with E-state index >= 15 is 0 Å². The number of rotatable bonds is 4. The van der Waals surface area contributed by atoms with Gasteiger partial charge in [-0.1, -0.05) is 6.42 Å². The van der Waals surface area contributed by atoms with E-state index in [1.165, 1.54) is 37.0 Å². The Kier molecular flexibility index (Phi) is 5.87. The Bertz CT molecular complexity index is 409. The van der Waals surface area contributed by atoms with Gasteiger partial charge in [-0.25, -0.2) is 0 Å². The molecule has 0 atom stereocenters. The summed E-state index contributed by atoms with van der Waals surface area (Å²) in [5.41, 5.74) is 0.835. The highest BCUT2D eigenvalue weighted by atomic mass is 16.5. The van der Waals surface area contributed by atoms with E-state index in [0.29, 0.717) is 6.54 Å². The smallest absolute Gasteiger partial charge is 0.279 e. The van der Waals surface area contributed by atoms with E-state index in [2.05, 4.69) is 5.32 Å². The van der Waals surface area contributed by atoms with Crippen LogP contribution in [0, 0.1) is 0 Å². The van der Waals surface area contributed by atoms with Crippen molar-refractivity contribution >= 4 is 11.6 Å². The second-order valence-corrected chi connectivity index (χ2v) is 5.47. The van der Waals surface area contributed by atoms with Crippen molar-refractivity contribution in [3.8, 4) is 5.75 Å². The number of carbonyl (C=O) groups excluding carboxylic acids is 1. The van der Waals surface area contributed by atoms with Crippen molar-refractivity contribution in [2.24, 2.45) is 0 Å². The molecule has 1 aromatic carbocycles. The molecule has 1 saturated heterocycles. The lowest BCUT2D eigenvalue weighted by atomic mass is 10.1. The molecule has 1 fully saturated rings. The molecule has 0 radical (unpaired) electrons. The second-order valence-electron chi connectivity index (χ2n) is 5.47. The lowest BCUT2D eigenvalue weighted by Gasteiger charge is -2.21. The van der Waals surface area contributed by atoms with Crippen LogP contribution in [0.4, 0.5) is 5.69 Å². The summed E-state index contributed by atoms with van der Waals surface area (Å²) in [5, 5.41) is 2.96. The van der Waals surface area contributed by atoms with Gasteiger partial charge in [-0.3, -0.25) is 4.79 Å². The van der Waals surface area contributed by atoms with Crippen LogP contribution in [0.2, 0.25) is 0 Å². The van der Waals surface area contributed by atoms with E-state index < -0.39 is 0 Å². The lowest BCUT2D eigenvalue weighted by molar-refractivity contribution is -0.892. The standard InChI is InChI=1S/C16H24N2O2/c1-20-15-9-7-14(8-10-15)17-16(19)13-18-11-5-3-2-4-6-12-18/h7-10H,2-6,11-13H2,1H3,(H,17,19)/p+1. The molecule has 1 amide bonds. The zero-order valence-electron chi connectivity index (χ0n) is 12.3. The van der Waals surface area contributed by atoms with Gasteiger partial charge >= 0.3 is 0 Å². The molecule has 1 aliphatic heterocycles. The first-order valence-corrected chi connectivity index (χ1v) is 7.55. The topological polar surface area (TPSA) is 42.8 Å². The molecule has 1 aromatic rings. The first kappa shape index (κ1) is 14.9. The number of quaternary nitrogens is 1. The monoisotopic (exact) mass is 277 g/mol. The van der Waals surface area contributed by atoms with E-state index in [9.17, 15) is 4.79 Å². The van der Waals surface area contributed by atoms with Gasteiger partial charge in [-0.2, -0.15) is 0 Å². The maximum Gasteiger partial charge on any atom is 0.279 e. The van der Waals surface area contributed by atoms with Gasteiger partial charge in [-0.15, -0.1) is 0 Å². The Morgan fingerprint density at radius 1 is 1.10 bits per heavy atom. The quantitative estimate of drug-likeness (QED) is 0.875. The number of likely N-dealkylation sites (tertiary alicyclic amines) is 1. The largest absolute Gasteiger partial charge is 0.497 e. The summed E-state index contributed by atoms with van der Waals surface area (Å²) in [7, 11) is 1.64. The summed E-state index contributed by atoms with van der Waals surface area (Å²) in [5.74, 6) is 0.906. The molecule has 0 aromatic heterocycles. The average molecular weight is 277 g/mol. The number of carbonyl (C=O) groups is 1. The Morgan fingerprint density at radius 2 is 1.70 bits per heavy atom. The van der Waals surface area contributed by atoms with Gasteiger partial charge in [0.1, 0.15) is 5.75 Å². The van der Waals surface area contributed by atoms with Crippen LogP contribution in [0.25, 0.3) is 0 Å². The average Bonchev–Trinajstić information content (AvgIpc) is 2.42. The SMILES string of the molecule is COc1ccc(NC(=O)C[NH+]2CCCCCCC2)cc1. The summed E-state index contributed by atoms with van der Waals surface area (Å²) in [6.07, 6.45) is 6.45. The number of nitrogens with one attached hydrogen (secondary N) is 2. The first-order chi connectivity index (χ1) is 9.78. The number of methoxy groups -OCH3 is 1. The number of benzene rings is 1. The summed E-state index contributed by atoms with van der Waals surface area (Å²) in [6.45, 7) is 2.82. The molecule has 0 unspecified atom stereocenters. The van der Waals surface area contributed by atoms with Gasteiger partial charge in [0.25, 0.3) is 5.91 Å². The summed E-state index contributed by atoms with van der Waals surface area (Å²) in [4.78, 5) is 13.5. The number of hydrogen-bond acceptors (Lipinski definition) is 2. The fourth-order valence-corrected chi connectivity index (χ4v) is 2.69. The van der Waals surface area contributed by atoms with Gasteiger partial charge < -0.3 is 15.0 Å². The molecule has 1 aliphatic rings. The van der Waals surface area contributed by atoms with Crippen LogP contribution < -0.4 is 15.0 Å². The normalized spacial score (nSPS) is 17.1. The second kappa shape index (κ2) is 7.90. The van der Waals surface area contributed by atoms with Crippen LogP contribution in [0.3, 0.4) is 0 Å². The highest BCUT2D eigenvalue weighted by Gasteiger charge is 2.15. The molecule has 110 valence electrons. The lowest BCUT2D eigenvalue weighted by Crippen LogP contribution is -3.13. The van der Waals surface area contributed by atoms with E-state index in [1.807, 2.05) is 24.3 Å². The van der Waals surface area contributed by atoms with Crippen molar-refractivity contribution in [1.29, 1.82) is 0 Å². The van der Waals surface area contributed by atoms with Crippen molar-refractivity contribution in [1.82, 2.24) is 0 Å². The fourth-order valence-electron chi connectivity index (χ4n) is 2.69. The van der Waals surface area contributed by atoms with Crippen LogP contribution in [0.1, 0.15) is 32.1 Å². The number of hydrogen-bond donors (Lipinski definition) is 2. The Hall–Kier alpha value is -1.55. The van der Waals surface area contributed by atoms with E-state index in [4.69, 9.17) is 4.74 Å². The molecule has 4 heteroatoms. The first-order valence-electron chi connectivity index (χ1n) is 7.55. The van der Waals surface area contributed by atoms with Gasteiger partial charge in [0.05, 0.1) is 20.2 Å². The van der Waals surface area contributed by atoms with E-state index in [-0.39, 0.29) is 5.91 Å². The molecule has 1 heterocycles. The maximum atomic E-state index is 12.1. The summed E-state index contributed by atoms with van der Waals surface area (Å²) in [6, 6.07) is 7.47. The molecule has 0 spiro atoms. The molecule has 20 heavy (non-hydrogen) atoms. The highest BCUT2D eigenvalue weighted by Crippen LogP contribution is 2.14. The van der Waals surface area contributed by atoms with Gasteiger partial charge in [0.15, 0.2) is 6.54 Å². The number of anilines is 1. The Morgan fingerprint density at radius 3 is 2.30 bits per heavy atom. The molecular formula is C16H25N2O2+. The molecule has 2 N–H and O–H groups in total. The highest BCUT2D eigenvalue weighted by molar-refractivity contribution is 5.91. The van der Waals surface area contributed by atoms with Gasteiger partial charge in [-0.05, 0) is 49.9 Å². The van der Waals surface area contributed by atoms with Gasteiger partial charge in [0.2, 0.25) is 0 Å². The van der Waals surface area contributed by atoms with Crippen molar-refractivity contribution in [2.75, 3.05) is 32.1 Å². The predicted octanol–water partition coefficient (Wildman–Crippen LogP) is 1.48. The van der Waals surface area contributed by atoms with Crippen LogP contribution in [-0.2, 0) is 4.79 Å². The number of amides is 1. The number of ether oxygens (including phenoxy) is 1. The minimum absolute atomic E-state index is 0.103. The molecule has 2 rings (SSSR count). The van der Waals surface area contributed by atoms with Crippen LogP contribution in [0.5, 0.6) is 5.75 Å². The Labute approximate surface area is 121 Å². The minimum Gasteiger partial charge on any atom is -0.497 e. The molecule has 0 saturated carbocycles. The Balaban J connectivity index is 1.81. The fraction of sp³-hybridized carbons (Fsp3) is 0.562.